The second-order valence-corrected chi connectivity index (χ2v) is 8.27. The van der Waals surface area contributed by atoms with Gasteiger partial charge in [0.05, 0.1) is 0 Å². The number of carbonyl (C=O) groups is 1. The van der Waals surface area contributed by atoms with Crippen LogP contribution < -0.4 is 4.74 Å². The van der Waals surface area contributed by atoms with E-state index in [2.05, 4.69) is 0 Å². The first-order valence-electron chi connectivity index (χ1n) is 11.7. The highest BCUT2D eigenvalue weighted by molar-refractivity contribution is 5.67. The van der Waals surface area contributed by atoms with Crippen molar-refractivity contribution < 1.29 is 19.4 Å². The lowest BCUT2D eigenvalue weighted by Gasteiger charge is -2.22. The topological polar surface area (TPSA) is 59.0 Å². The van der Waals surface area contributed by atoms with Crippen molar-refractivity contribution in [2.24, 2.45) is 0 Å². The van der Waals surface area contributed by atoms with Crippen molar-refractivity contribution in [2.45, 2.75) is 26.2 Å². The summed E-state index contributed by atoms with van der Waals surface area (Å²) in [6.45, 7) is 1.50. The van der Waals surface area contributed by atoms with E-state index in [0.29, 0.717) is 31.9 Å². The monoisotopic (exact) mass is 467 g/mol. The third-order valence-electron chi connectivity index (χ3n) is 5.61. The number of aromatic hydroxyl groups is 1. The number of hydrogen-bond donors (Lipinski definition) is 1. The van der Waals surface area contributed by atoms with E-state index in [1.54, 1.807) is 11.0 Å². The van der Waals surface area contributed by atoms with Crippen LogP contribution in [0.5, 0.6) is 11.5 Å². The molecule has 4 aromatic rings. The minimum atomic E-state index is -0.364. The Morgan fingerprint density at radius 3 is 1.89 bits per heavy atom. The molecule has 0 saturated carbocycles. The number of amides is 1. The first-order valence-corrected chi connectivity index (χ1v) is 11.7. The fourth-order valence-corrected chi connectivity index (χ4v) is 3.68. The van der Waals surface area contributed by atoms with Crippen LogP contribution in [0, 0.1) is 0 Å². The number of phenols is 1. The molecule has 0 unspecified atom stereocenters. The van der Waals surface area contributed by atoms with E-state index in [9.17, 15) is 9.90 Å². The molecular weight excluding hydrogens is 438 g/mol. The molecular formula is C30H29NO4. The van der Waals surface area contributed by atoms with Gasteiger partial charge in [0.25, 0.3) is 0 Å². The summed E-state index contributed by atoms with van der Waals surface area (Å²) < 4.78 is 11.4. The summed E-state index contributed by atoms with van der Waals surface area (Å²) in [5, 5.41) is 10.2. The Morgan fingerprint density at radius 2 is 1.26 bits per heavy atom. The third kappa shape index (κ3) is 7.37. The quantitative estimate of drug-likeness (QED) is 0.295. The summed E-state index contributed by atoms with van der Waals surface area (Å²) in [5.74, 6) is 0.515. The minimum Gasteiger partial charge on any atom is -0.504 e. The van der Waals surface area contributed by atoms with Gasteiger partial charge >= 0.3 is 6.09 Å². The van der Waals surface area contributed by atoms with E-state index in [4.69, 9.17) is 9.47 Å². The molecule has 0 aliphatic rings. The largest absolute Gasteiger partial charge is 0.504 e. The van der Waals surface area contributed by atoms with E-state index in [1.165, 1.54) is 0 Å². The average molecular weight is 468 g/mol. The molecule has 4 aromatic carbocycles. The maximum absolute atomic E-state index is 13.0. The summed E-state index contributed by atoms with van der Waals surface area (Å²) in [6, 6.07) is 34.6. The molecule has 1 amide bonds. The second-order valence-electron chi connectivity index (χ2n) is 8.27. The second kappa shape index (κ2) is 12.3. The van der Waals surface area contributed by atoms with Gasteiger partial charge in [-0.05, 0) is 40.8 Å². The Morgan fingerprint density at radius 1 is 0.686 bits per heavy atom. The highest BCUT2D eigenvalue weighted by atomic mass is 16.6. The normalized spacial score (nSPS) is 10.5. The summed E-state index contributed by atoms with van der Waals surface area (Å²) in [5.41, 5.74) is 3.95. The number of phenolic OH excluding ortho intramolecular Hbond substituents is 1. The Bertz CT molecular complexity index is 1200. The Kier molecular flexibility index (Phi) is 8.38. The zero-order valence-corrected chi connectivity index (χ0v) is 19.5. The molecule has 5 heteroatoms. The summed E-state index contributed by atoms with van der Waals surface area (Å²) in [7, 11) is 0. The molecule has 0 aliphatic heterocycles. The molecule has 35 heavy (non-hydrogen) atoms. The van der Waals surface area contributed by atoms with Gasteiger partial charge in [-0.3, -0.25) is 0 Å². The highest BCUT2D eigenvalue weighted by Gasteiger charge is 2.16. The van der Waals surface area contributed by atoms with Crippen molar-refractivity contribution in [3.05, 3.63) is 131 Å². The molecule has 1 N–H and O–H groups in total. The molecule has 0 radical (unpaired) electrons. The van der Waals surface area contributed by atoms with E-state index in [1.807, 2.05) is 103 Å². The van der Waals surface area contributed by atoms with Crippen LogP contribution >= 0.6 is 0 Å². The van der Waals surface area contributed by atoms with Crippen LogP contribution in [0.2, 0.25) is 0 Å². The van der Waals surface area contributed by atoms with Crippen LogP contribution in [0.3, 0.4) is 0 Å². The number of carbonyl (C=O) groups excluding carboxylic acids is 1. The average Bonchev–Trinajstić information content (AvgIpc) is 2.91. The fourth-order valence-electron chi connectivity index (χ4n) is 3.68. The molecule has 0 atom stereocenters. The molecule has 0 heterocycles. The van der Waals surface area contributed by atoms with E-state index >= 15 is 0 Å². The van der Waals surface area contributed by atoms with Gasteiger partial charge in [0.1, 0.15) is 13.2 Å². The van der Waals surface area contributed by atoms with Crippen molar-refractivity contribution in [2.75, 3.05) is 6.54 Å². The molecule has 4 rings (SSSR count). The first kappa shape index (κ1) is 23.9. The van der Waals surface area contributed by atoms with Crippen LogP contribution in [0.4, 0.5) is 4.79 Å². The van der Waals surface area contributed by atoms with Crippen molar-refractivity contribution >= 4 is 6.09 Å². The van der Waals surface area contributed by atoms with Crippen LogP contribution in [0.15, 0.2) is 109 Å². The van der Waals surface area contributed by atoms with Crippen LogP contribution in [-0.2, 0) is 30.9 Å². The predicted octanol–water partition coefficient (Wildman–Crippen LogP) is 6.35. The summed E-state index contributed by atoms with van der Waals surface area (Å²) >= 11 is 0. The molecule has 0 aromatic heterocycles. The Labute approximate surface area is 206 Å². The van der Waals surface area contributed by atoms with Gasteiger partial charge in [-0.2, -0.15) is 0 Å². The third-order valence-corrected chi connectivity index (χ3v) is 5.61. The van der Waals surface area contributed by atoms with E-state index in [-0.39, 0.29) is 18.4 Å². The van der Waals surface area contributed by atoms with Crippen molar-refractivity contribution in [3.63, 3.8) is 0 Å². The number of ether oxygens (including phenoxy) is 2. The number of nitrogens with zero attached hydrogens (tertiary/aromatic N) is 1. The van der Waals surface area contributed by atoms with Crippen molar-refractivity contribution in [3.8, 4) is 11.5 Å². The van der Waals surface area contributed by atoms with Crippen molar-refractivity contribution in [1.82, 2.24) is 4.90 Å². The van der Waals surface area contributed by atoms with Gasteiger partial charge in [0.2, 0.25) is 0 Å². The fraction of sp³-hybridized carbons (Fsp3) is 0.167. The minimum absolute atomic E-state index is 0.0908. The maximum atomic E-state index is 13.0. The van der Waals surface area contributed by atoms with E-state index in [0.717, 1.165) is 22.3 Å². The van der Waals surface area contributed by atoms with Gasteiger partial charge in [0.15, 0.2) is 11.5 Å². The standard InChI is InChI=1S/C30H29NO4/c32-28-17-16-24(20-29(28)34-22-26-12-6-2-7-13-26)18-19-31(21-25-10-4-1-5-11-25)30(33)35-23-27-14-8-3-9-15-27/h1-17,20,32H,18-19,21-23H2. The molecule has 5 nitrogen and oxygen atoms in total. The van der Waals surface area contributed by atoms with Crippen LogP contribution in [0.1, 0.15) is 22.3 Å². The molecule has 0 fully saturated rings. The van der Waals surface area contributed by atoms with Crippen LogP contribution in [-0.4, -0.2) is 22.6 Å². The zero-order chi connectivity index (χ0) is 24.3. The summed E-state index contributed by atoms with van der Waals surface area (Å²) in [6.07, 6.45) is 0.229. The Hall–Kier alpha value is -4.25. The molecule has 0 bridgehead atoms. The lowest BCUT2D eigenvalue weighted by atomic mass is 10.1. The lowest BCUT2D eigenvalue weighted by molar-refractivity contribution is 0.0940. The highest BCUT2D eigenvalue weighted by Crippen LogP contribution is 2.28. The van der Waals surface area contributed by atoms with Gasteiger partial charge < -0.3 is 19.5 Å². The SMILES string of the molecule is O=C(OCc1ccccc1)N(CCc1ccc(O)c(OCc2ccccc2)c1)Cc1ccccc1. The van der Waals surface area contributed by atoms with Crippen molar-refractivity contribution in [1.29, 1.82) is 0 Å². The first-order chi connectivity index (χ1) is 17.2. The molecule has 0 saturated heterocycles. The maximum Gasteiger partial charge on any atom is 0.410 e. The van der Waals surface area contributed by atoms with Gasteiger partial charge in [0, 0.05) is 13.1 Å². The zero-order valence-electron chi connectivity index (χ0n) is 19.5. The number of hydrogen-bond acceptors (Lipinski definition) is 4. The Balaban J connectivity index is 1.41. The molecule has 0 aliphatic carbocycles. The summed E-state index contributed by atoms with van der Waals surface area (Å²) in [4.78, 5) is 14.7. The molecule has 178 valence electrons. The van der Waals surface area contributed by atoms with Gasteiger partial charge in [-0.1, -0.05) is 97.1 Å². The predicted molar refractivity (Wildman–Crippen MR) is 136 cm³/mol. The van der Waals surface area contributed by atoms with Crippen LogP contribution in [0.25, 0.3) is 0 Å². The van der Waals surface area contributed by atoms with Gasteiger partial charge in [-0.25, -0.2) is 4.79 Å². The molecule has 0 spiro atoms. The smallest absolute Gasteiger partial charge is 0.410 e. The number of rotatable bonds is 10. The van der Waals surface area contributed by atoms with E-state index < -0.39 is 0 Å². The van der Waals surface area contributed by atoms with Gasteiger partial charge in [-0.15, -0.1) is 0 Å². The lowest BCUT2D eigenvalue weighted by Crippen LogP contribution is -2.33. The number of benzene rings is 4.